The summed E-state index contributed by atoms with van der Waals surface area (Å²) in [5.74, 6) is -1.13. The number of aromatic carboxylic acids is 1. The molecule has 1 N–H and O–H groups in total. The molecule has 0 spiro atoms. The van der Waals surface area contributed by atoms with Gasteiger partial charge in [0.15, 0.2) is 5.69 Å². The molecule has 1 unspecified atom stereocenters. The minimum absolute atomic E-state index is 0.0710. The summed E-state index contributed by atoms with van der Waals surface area (Å²) in [7, 11) is 0. The molecule has 1 amide bonds. The Morgan fingerprint density at radius 1 is 1.33 bits per heavy atom. The van der Waals surface area contributed by atoms with Crippen LogP contribution in [0.2, 0.25) is 0 Å². The van der Waals surface area contributed by atoms with Crippen molar-refractivity contribution >= 4 is 11.9 Å². The van der Waals surface area contributed by atoms with Crippen LogP contribution >= 0.6 is 0 Å². The van der Waals surface area contributed by atoms with Crippen LogP contribution in [-0.4, -0.2) is 50.0 Å². The minimum atomic E-state index is -2.96. The fourth-order valence-corrected chi connectivity index (χ4v) is 2.86. The predicted molar refractivity (Wildman–Crippen MR) is 80.9 cm³/mol. The van der Waals surface area contributed by atoms with E-state index in [1.54, 1.807) is 4.90 Å². The molecule has 1 atom stereocenters. The number of amides is 1. The highest BCUT2D eigenvalue weighted by molar-refractivity contribution is 5.86. The van der Waals surface area contributed by atoms with Crippen molar-refractivity contribution in [2.24, 2.45) is 5.92 Å². The Morgan fingerprint density at radius 3 is 2.46 bits per heavy atom. The molecule has 7 nitrogen and oxygen atoms in total. The predicted octanol–water partition coefficient (Wildman–Crippen LogP) is 2.51. The van der Waals surface area contributed by atoms with E-state index in [1.807, 2.05) is 13.8 Å². The van der Waals surface area contributed by atoms with E-state index in [9.17, 15) is 18.4 Å². The van der Waals surface area contributed by atoms with E-state index in [-0.39, 0.29) is 11.9 Å². The lowest BCUT2D eigenvalue weighted by Gasteiger charge is -2.33. The molecule has 1 aliphatic rings. The fourth-order valence-electron chi connectivity index (χ4n) is 2.86. The van der Waals surface area contributed by atoms with Crippen LogP contribution in [-0.2, 0) is 4.79 Å². The maximum atomic E-state index is 13.2. The molecular weight excluding hydrogens is 322 g/mol. The minimum Gasteiger partial charge on any atom is -0.476 e. The molecule has 134 valence electrons. The van der Waals surface area contributed by atoms with Crippen molar-refractivity contribution in [3.8, 4) is 0 Å². The van der Waals surface area contributed by atoms with Crippen molar-refractivity contribution in [1.29, 1.82) is 0 Å². The maximum Gasteiger partial charge on any atom is 0.358 e. The van der Waals surface area contributed by atoms with Crippen LogP contribution in [0.15, 0.2) is 0 Å². The summed E-state index contributed by atoms with van der Waals surface area (Å²) in [5, 5.41) is 15.9. The summed E-state index contributed by atoms with van der Waals surface area (Å²) in [6.07, 6.45) is -0.647. The molecule has 0 saturated carbocycles. The summed E-state index contributed by atoms with van der Waals surface area (Å²) >= 11 is 0. The highest BCUT2D eigenvalue weighted by Crippen LogP contribution is 2.29. The monoisotopic (exact) mass is 344 g/mol. The SMILES string of the molecule is CCC(C)CC(=O)N1CCC(n2nnc(C(=O)O)c2C(F)F)CC1. The molecule has 0 aliphatic carbocycles. The van der Waals surface area contributed by atoms with Crippen molar-refractivity contribution in [2.75, 3.05) is 13.1 Å². The molecule has 9 heteroatoms. The van der Waals surface area contributed by atoms with E-state index in [2.05, 4.69) is 10.3 Å². The second kappa shape index (κ2) is 7.67. The largest absolute Gasteiger partial charge is 0.476 e. The summed E-state index contributed by atoms with van der Waals surface area (Å²) < 4.78 is 27.4. The Hall–Kier alpha value is -2.06. The van der Waals surface area contributed by atoms with Crippen molar-refractivity contribution in [1.82, 2.24) is 19.9 Å². The molecule has 24 heavy (non-hydrogen) atoms. The molecule has 0 bridgehead atoms. The van der Waals surface area contributed by atoms with Crippen LogP contribution in [0.25, 0.3) is 0 Å². The number of halogens is 2. The first-order valence-electron chi connectivity index (χ1n) is 8.09. The fraction of sp³-hybridized carbons (Fsp3) is 0.733. The van der Waals surface area contributed by atoms with Crippen molar-refractivity contribution < 1.29 is 23.5 Å². The van der Waals surface area contributed by atoms with E-state index < -0.39 is 23.8 Å². The zero-order valence-corrected chi connectivity index (χ0v) is 13.8. The molecule has 2 heterocycles. The van der Waals surface area contributed by atoms with Gasteiger partial charge in [-0.05, 0) is 18.8 Å². The van der Waals surface area contributed by atoms with Crippen LogP contribution in [0.4, 0.5) is 8.78 Å². The van der Waals surface area contributed by atoms with E-state index >= 15 is 0 Å². The number of carboxylic acid groups (broad SMARTS) is 1. The standard InChI is InChI=1S/C15H22F2N4O3/c1-3-9(2)8-11(22)20-6-4-10(5-7-20)21-13(14(16)17)12(15(23)24)18-19-21/h9-10,14H,3-8H2,1-2H3,(H,23,24). The first-order valence-corrected chi connectivity index (χ1v) is 8.09. The number of hydrogen-bond donors (Lipinski definition) is 1. The van der Waals surface area contributed by atoms with Crippen LogP contribution in [0.1, 0.15) is 68.2 Å². The first-order chi connectivity index (χ1) is 11.3. The average Bonchev–Trinajstić information content (AvgIpc) is 3.00. The third kappa shape index (κ3) is 3.88. The number of carbonyl (C=O) groups excluding carboxylic acids is 1. The van der Waals surface area contributed by atoms with E-state index in [0.29, 0.717) is 38.3 Å². The maximum absolute atomic E-state index is 13.2. The number of carbonyl (C=O) groups is 2. The third-order valence-electron chi connectivity index (χ3n) is 4.52. The molecule has 0 aromatic carbocycles. The highest BCUT2D eigenvalue weighted by atomic mass is 19.3. The van der Waals surface area contributed by atoms with Gasteiger partial charge in [-0.2, -0.15) is 0 Å². The van der Waals surface area contributed by atoms with Gasteiger partial charge in [0, 0.05) is 19.5 Å². The molecule has 1 aromatic rings. The number of rotatable bonds is 6. The van der Waals surface area contributed by atoms with Crippen molar-refractivity contribution in [3.63, 3.8) is 0 Å². The molecule has 2 rings (SSSR count). The van der Waals surface area contributed by atoms with Crippen LogP contribution in [0, 0.1) is 5.92 Å². The second-order valence-corrected chi connectivity index (χ2v) is 6.20. The van der Waals surface area contributed by atoms with Crippen LogP contribution in [0.5, 0.6) is 0 Å². The zero-order chi connectivity index (χ0) is 17.9. The van der Waals surface area contributed by atoms with Gasteiger partial charge in [-0.1, -0.05) is 25.5 Å². The molecule has 1 aromatic heterocycles. The number of hydrogen-bond acceptors (Lipinski definition) is 4. The normalized spacial score (nSPS) is 17.3. The molecule has 0 radical (unpaired) electrons. The zero-order valence-electron chi connectivity index (χ0n) is 13.8. The van der Waals surface area contributed by atoms with Gasteiger partial charge in [0.2, 0.25) is 5.91 Å². The smallest absolute Gasteiger partial charge is 0.358 e. The molecule has 1 saturated heterocycles. The van der Waals surface area contributed by atoms with E-state index in [1.165, 1.54) is 0 Å². The number of nitrogens with zero attached hydrogens (tertiary/aromatic N) is 4. The Morgan fingerprint density at radius 2 is 1.96 bits per heavy atom. The number of likely N-dealkylation sites (tertiary alicyclic amines) is 1. The van der Waals surface area contributed by atoms with Crippen molar-refractivity contribution in [2.45, 2.75) is 52.0 Å². The Balaban J connectivity index is 2.05. The number of alkyl halides is 2. The summed E-state index contributed by atoms with van der Waals surface area (Å²) in [5.41, 5.74) is -1.37. The summed E-state index contributed by atoms with van der Waals surface area (Å²) in [4.78, 5) is 24.9. The highest BCUT2D eigenvalue weighted by Gasteiger charge is 2.32. The summed E-state index contributed by atoms with van der Waals surface area (Å²) in [6.45, 7) is 4.94. The van der Waals surface area contributed by atoms with E-state index in [4.69, 9.17) is 5.11 Å². The lowest BCUT2D eigenvalue weighted by atomic mass is 10.0. The van der Waals surface area contributed by atoms with Gasteiger partial charge in [0.1, 0.15) is 5.69 Å². The second-order valence-electron chi connectivity index (χ2n) is 6.20. The quantitative estimate of drug-likeness (QED) is 0.856. The van der Waals surface area contributed by atoms with Gasteiger partial charge in [-0.25, -0.2) is 18.3 Å². The Labute approximate surface area is 138 Å². The van der Waals surface area contributed by atoms with Gasteiger partial charge >= 0.3 is 5.97 Å². The lowest BCUT2D eigenvalue weighted by molar-refractivity contribution is -0.133. The molecular formula is C15H22F2N4O3. The first kappa shape index (κ1) is 18.3. The topological polar surface area (TPSA) is 88.3 Å². The Kier molecular flexibility index (Phi) is 5.84. The van der Waals surface area contributed by atoms with Crippen LogP contribution < -0.4 is 0 Å². The third-order valence-corrected chi connectivity index (χ3v) is 4.52. The van der Waals surface area contributed by atoms with Gasteiger partial charge < -0.3 is 10.0 Å². The average molecular weight is 344 g/mol. The molecule has 1 aliphatic heterocycles. The number of aromatic nitrogens is 3. The number of carboxylic acids is 1. The number of piperidine rings is 1. The van der Waals surface area contributed by atoms with Gasteiger partial charge in [-0.3, -0.25) is 4.79 Å². The van der Waals surface area contributed by atoms with Crippen molar-refractivity contribution in [3.05, 3.63) is 11.4 Å². The van der Waals surface area contributed by atoms with Gasteiger partial charge in [0.25, 0.3) is 6.43 Å². The lowest BCUT2D eigenvalue weighted by Crippen LogP contribution is -2.40. The summed E-state index contributed by atoms with van der Waals surface area (Å²) in [6, 6.07) is -0.373. The van der Waals surface area contributed by atoms with Crippen LogP contribution in [0.3, 0.4) is 0 Å². The van der Waals surface area contributed by atoms with Gasteiger partial charge in [-0.15, -0.1) is 5.10 Å². The Bertz CT molecular complexity index is 598. The molecule has 1 fully saturated rings. The van der Waals surface area contributed by atoms with E-state index in [0.717, 1.165) is 11.1 Å². The van der Waals surface area contributed by atoms with Gasteiger partial charge in [0.05, 0.1) is 6.04 Å².